The van der Waals surface area contributed by atoms with E-state index < -0.39 is 0 Å². The topological polar surface area (TPSA) is 49.4 Å². The van der Waals surface area contributed by atoms with Gasteiger partial charge in [0.2, 0.25) is 5.91 Å². The maximum absolute atomic E-state index is 12.1. The number of hydrogen-bond acceptors (Lipinski definition) is 2. The second-order valence-electron chi connectivity index (χ2n) is 6.08. The predicted octanol–water partition coefficient (Wildman–Crippen LogP) is 4.31. The fourth-order valence-electron chi connectivity index (χ4n) is 2.41. The van der Waals surface area contributed by atoms with Crippen molar-refractivity contribution in [3.8, 4) is 0 Å². The SMILES string of the molecule is Cc1cc(C)c(NC(=O)/C=C/c2ccc(C(=O)N(C)C)cc2)c(Cl)c1. The van der Waals surface area contributed by atoms with Crippen LogP contribution in [0.1, 0.15) is 27.0 Å². The largest absolute Gasteiger partial charge is 0.345 e. The first-order chi connectivity index (χ1) is 11.8. The number of hydrogen-bond donors (Lipinski definition) is 1. The summed E-state index contributed by atoms with van der Waals surface area (Å²) < 4.78 is 0. The molecule has 0 aliphatic heterocycles. The highest BCUT2D eigenvalue weighted by Crippen LogP contribution is 2.27. The van der Waals surface area contributed by atoms with Crippen LogP contribution >= 0.6 is 11.6 Å². The van der Waals surface area contributed by atoms with Crippen LogP contribution in [0, 0.1) is 13.8 Å². The molecule has 2 aromatic rings. The average Bonchev–Trinajstić information content (AvgIpc) is 2.56. The number of carbonyl (C=O) groups is 2. The van der Waals surface area contributed by atoms with Gasteiger partial charge in [-0.3, -0.25) is 9.59 Å². The van der Waals surface area contributed by atoms with Crippen LogP contribution in [0.15, 0.2) is 42.5 Å². The molecule has 0 aliphatic rings. The summed E-state index contributed by atoms with van der Waals surface area (Å²) in [5.41, 5.74) is 4.02. The van der Waals surface area contributed by atoms with E-state index in [9.17, 15) is 9.59 Å². The van der Waals surface area contributed by atoms with E-state index in [0.717, 1.165) is 16.7 Å². The van der Waals surface area contributed by atoms with Crippen LogP contribution in [0.5, 0.6) is 0 Å². The van der Waals surface area contributed by atoms with Crippen molar-refractivity contribution < 1.29 is 9.59 Å². The van der Waals surface area contributed by atoms with Crippen molar-refractivity contribution in [1.82, 2.24) is 4.90 Å². The van der Waals surface area contributed by atoms with Crippen molar-refractivity contribution in [1.29, 1.82) is 0 Å². The smallest absolute Gasteiger partial charge is 0.253 e. The van der Waals surface area contributed by atoms with Crippen LogP contribution in [0.3, 0.4) is 0 Å². The van der Waals surface area contributed by atoms with E-state index in [1.807, 2.05) is 26.0 Å². The second-order valence-corrected chi connectivity index (χ2v) is 6.49. The molecule has 5 heteroatoms. The van der Waals surface area contributed by atoms with Crippen LogP contribution in [0.2, 0.25) is 5.02 Å². The molecular formula is C20H21ClN2O2. The molecular weight excluding hydrogens is 336 g/mol. The monoisotopic (exact) mass is 356 g/mol. The Morgan fingerprint density at radius 3 is 2.28 bits per heavy atom. The molecule has 0 bridgehead atoms. The molecule has 4 nitrogen and oxygen atoms in total. The Morgan fingerprint density at radius 1 is 1.08 bits per heavy atom. The highest BCUT2D eigenvalue weighted by Gasteiger charge is 2.08. The van der Waals surface area contributed by atoms with Crippen molar-refractivity contribution in [2.45, 2.75) is 13.8 Å². The first kappa shape index (κ1) is 18.7. The molecule has 0 saturated heterocycles. The van der Waals surface area contributed by atoms with Crippen LogP contribution in [0.25, 0.3) is 6.08 Å². The molecule has 0 unspecified atom stereocenters. The Balaban J connectivity index is 2.07. The van der Waals surface area contributed by atoms with Crippen molar-refractivity contribution in [2.24, 2.45) is 0 Å². The highest BCUT2D eigenvalue weighted by molar-refractivity contribution is 6.34. The number of carbonyl (C=O) groups excluding carboxylic acids is 2. The van der Waals surface area contributed by atoms with Gasteiger partial charge in [0.25, 0.3) is 5.91 Å². The van der Waals surface area contributed by atoms with Gasteiger partial charge in [0.05, 0.1) is 10.7 Å². The van der Waals surface area contributed by atoms with Gasteiger partial charge in [0, 0.05) is 25.7 Å². The van der Waals surface area contributed by atoms with Crippen molar-refractivity contribution in [2.75, 3.05) is 19.4 Å². The molecule has 0 aliphatic carbocycles. The van der Waals surface area contributed by atoms with Crippen LogP contribution in [-0.4, -0.2) is 30.8 Å². The minimum absolute atomic E-state index is 0.0576. The van der Waals surface area contributed by atoms with Crippen molar-refractivity contribution in [3.63, 3.8) is 0 Å². The van der Waals surface area contributed by atoms with E-state index in [-0.39, 0.29) is 11.8 Å². The first-order valence-corrected chi connectivity index (χ1v) is 8.23. The van der Waals surface area contributed by atoms with E-state index in [4.69, 9.17) is 11.6 Å². The predicted molar refractivity (Wildman–Crippen MR) is 103 cm³/mol. The minimum atomic E-state index is -0.262. The maximum Gasteiger partial charge on any atom is 0.253 e. The Hall–Kier alpha value is -2.59. The summed E-state index contributed by atoms with van der Waals surface area (Å²) in [5.74, 6) is -0.319. The zero-order chi connectivity index (χ0) is 18.6. The van der Waals surface area contributed by atoms with Crippen LogP contribution in [0.4, 0.5) is 5.69 Å². The fourth-order valence-corrected chi connectivity index (χ4v) is 2.77. The molecule has 0 heterocycles. The third kappa shape index (κ3) is 4.94. The Bertz CT molecular complexity index is 801. The lowest BCUT2D eigenvalue weighted by molar-refractivity contribution is -0.111. The minimum Gasteiger partial charge on any atom is -0.345 e. The molecule has 25 heavy (non-hydrogen) atoms. The van der Waals surface area contributed by atoms with Gasteiger partial charge in [-0.1, -0.05) is 29.8 Å². The summed E-state index contributed by atoms with van der Waals surface area (Å²) in [6.45, 7) is 3.85. The standard InChI is InChI=1S/C20H21ClN2O2/c1-13-11-14(2)19(17(21)12-13)22-18(24)10-7-15-5-8-16(9-6-15)20(25)23(3)4/h5-12H,1-4H3,(H,22,24)/b10-7+. The Labute approximate surface area is 153 Å². The molecule has 2 aromatic carbocycles. The lowest BCUT2D eigenvalue weighted by Crippen LogP contribution is -2.21. The van der Waals surface area contributed by atoms with Crippen LogP contribution < -0.4 is 5.32 Å². The number of nitrogens with zero attached hydrogens (tertiary/aromatic N) is 1. The summed E-state index contributed by atoms with van der Waals surface area (Å²) in [4.78, 5) is 25.5. The van der Waals surface area contributed by atoms with Crippen molar-refractivity contribution in [3.05, 3.63) is 69.8 Å². The first-order valence-electron chi connectivity index (χ1n) is 7.85. The lowest BCUT2D eigenvalue weighted by atomic mass is 10.1. The zero-order valence-electron chi connectivity index (χ0n) is 14.8. The van der Waals surface area contributed by atoms with Gasteiger partial charge in [0.1, 0.15) is 0 Å². The Kier molecular flexibility index (Phi) is 5.99. The molecule has 2 amide bonds. The number of anilines is 1. The van der Waals surface area contributed by atoms with E-state index in [2.05, 4.69) is 5.32 Å². The quantitative estimate of drug-likeness (QED) is 0.830. The summed E-state index contributed by atoms with van der Waals surface area (Å²) >= 11 is 6.19. The summed E-state index contributed by atoms with van der Waals surface area (Å²) in [5, 5.41) is 3.32. The molecule has 1 N–H and O–H groups in total. The molecule has 130 valence electrons. The van der Waals surface area contributed by atoms with Gasteiger partial charge in [-0.25, -0.2) is 0 Å². The average molecular weight is 357 g/mol. The summed E-state index contributed by atoms with van der Waals surface area (Å²) in [7, 11) is 3.41. The van der Waals surface area contributed by atoms with Crippen LogP contribution in [-0.2, 0) is 4.79 Å². The van der Waals surface area contributed by atoms with Gasteiger partial charge >= 0.3 is 0 Å². The lowest BCUT2D eigenvalue weighted by Gasteiger charge is -2.10. The number of rotatable bonds is 4. The van der Waals surface area contributed by atoms with E-state index >= 15 is 0 Å². The fraction of sp³-hybridized carbons (Fsp3) is 0.200. The second kappa shape index (κ2) is 7.99. The highest BCUT2D eigenvalue weighted by atomic mass is 35.5. The molecule has 0 spiro atoms. The Morgan fingerprint density at radius 2 is 1.72 bits per heavy atom. The number of halogens is 1. The molecule has 0 fully saturated rings. The van der Waals surface area contributed by atoms with E-state index in [1.165, 1.54) is 11.0 Å². The number of amides is 2. The van der Waals surface area contributed by atoms with E-state index in [0.29, 0.717) is 16.3 Å². The molecule has 2 rings (SSSR count). The molecule has 0 aromatic heterocycles. The van der Waals surface area contributed by atoms with Gasteiger partial charge in [-0.15, -0.1) is 0 Å². The molecule has 0 saturated carbocycles. The number of aryl methyl sites for hydroxylation is 2. The van der Waals surface area contributed by atoms with Gasteiger partial charge < -0.3 is 10.2 Å². The van der Waals surface area contributed by atoms with Gasteiger partial charge in [0.15, 0.2) is 0 Å². The summed E-state index contributed by atoms with van der Waals surface area (Å²) in [6.07, 6.45) is 3.13. The van der Waals surface area contributed by atoms with Crippen molar-refractivity contribution >= 4 is 35.2 Å². The summed E-state index contributed by atoms with van der Waals surface area (Å²) in [6, 6.07) is 10.8. The maximum atomic E-state index is 12.1. The van der Waals surface area contributed by atoms with E-state index in [1.54, 1.807) is 44.4 Å². The number of benzene rings is 2. The van der Waals surface area contributed by atoms with Gasteiger partial charge in [-0.05, 0) is 54.8 Å². The third-order valence-corrected chi connectivity index (χ3v) is 3.97. The zero-order valence-corrected chi connectivity index (χ0v) is 15.5. The number of nitrogens with one attached hydrogen (secondary N) is 1. The normalized spacial score (nSPS) is 10.8. The molecule has 0 atom stereocenters. The third-order valence-electron chi connectivity index (χ3n) is 3.67. The molecule has 0 radical (unpaired) electrons. The van der Waals surface area contributed by atoms with Gasteiger partial charge in [-0.2, -0.15) is 0 Å².